The van der Waals surface area contributed by atoms with Gasteiger partial charge in [-0.15, -0.1) is 0 Å². The molecule has 0 aliphatic rings. The van der Waals surface area contributed by atoms with Crippen LogP contribution in [0, 0.1) is 0 Å². The van der Waals surface area contributed by atoms with E-state index in [9.17, 15) is 0 Å². The molecule has 1 atom stereocenters. The first-order valence-corrected chi connectivity index (χ1v) is 8.19. The number of halogens is 1. The van der Waals surface area contributed by atoms with Crippen molar-refractivity contribution in [2.45, 2.75) is 32.2 Å². The topological polar surface area (TPSA) is 29.9 Å². The van der Waals surface area contributed by atoms with Crippen molar-refractivity contribution < 1.29 is 0 Å². The third kappa shape index (κ3) is 4.00. The number of rotatable bonds is 7. The predicted octanol–water partition coefficient (Wildman–Crippen LogP) is 2.63. The second-order valence-electron chi connectivity index (χ2n) is 4.16. The standard InChI is InChI=1S/C12H22BrN3S/c1-5-10-12(13)11(16(3)15-10)8-9(14-2)6-7-17-4/h9,14H,5-8H2,1-4H3. The fraction of sp³-hybridized carbons (Fsp3) is 0.750. The third-order valence-electron chi connectivity index (χ3n) is 3.02. The minimum atomic E-state index is 0.527. The van der Waals surface area contributed by atoms with Crippen LogP contribution in [-0.4, -0.2) is 34.9 Å². The second kappa shape index (κ2) is 7.44. The Labute approximate surface area is 117 Å². The molecule has 17 heavy (non-hydrogen) atoms. The molecule has 0 amide bonds. The van der Waals surface area contributed by atoms with Crippen LogP contribution < -0.4 is 5.32 Å². The number of likely N-dealkylation sites (N-methyl/N-ethyl adjacent to an activating group) is 1. The highest BCUT2D eigenvalue weighted by atomic mass is 79.9. The number of aryl methyl sites for hydroxylation is 2. The average molecular weight is 320 g/mol. The number of nitrogens with one attached hydrogen (secondary N) is 1. The molecule has 0 fully saturated rings. The van der Waals surface area contributed by atoms with Gasteiger partial charge in [0, 0.05) is 19.5 Å². The highest BCUT2D eigenvalue weighted by Crippen LogP contribution is 2.23. The van der Waals surface area contributed by atoms with E-state index < -0.39 is 0 Å². The lowest BCUT2D eigenvalue weighted by atomic mass is 10.1. The SMILES string of the molecule is CCc1nn(C)c(CC(CCSC)NC)c1Br. The molecule has 0 spiro atoms. The summed E-state index contributed by atoms with van der Waals surface area (Å²) in [4.78, 5) is 0. The van der Waals surface area contributed by atoms with Gasteiger partial charge in [0.1, 0.15) is 0 Å². The first-order chi connectivity index (χ1) is 8.13. The van der Waals surface area contributed by atoms with Crippen LogP contribution in [0.25, 0.3) is 0 Å². The zero-order valence-corrected chi connectivity index (χ0v) is 13.5. The van der Waals surface area contributed by atoms with Crippen LogP contribution in [0.15, 0.2) is 4.47 Å². The van der Waals surface area contributed by atoms with E-state index in [1.807, 2.05) is 30.5 Å². The molecule has 0 saturated heterocycles. The van der Waals surface area contributed by atoms with Crippen LogP contribution >= 0.6 is 27.7 Å². The first-order valence-electron chi connectivity index (χ1n) is 6.00. The number of hydrogen-bond acceptors (Lipinski definition) is 3. The van der Waals surface area contributed by atoms with E-state index in [4.69, 9.17) is 0 Å². The summed E-state index contributed by atoms with van der Waals surface area (Å²) in [6.07, 6.45) is 5.35. The number of thioether (sulfide) groups is 1. The number of nitrogens with zero attached hydrogens (tertiary/aromatic N) is 2. The van der Waals surface area contributed by atoms with E-state index in [0.717, 1.165) is 18.5 Å². The lowest BCUT2D eigenvalue weighted by Crippen LogP contribution is -2.29. The Kier molecular flexibility index (Phi) is 6.59. The van der Waals surface area contributed by atoms with E-state index in [1.165, 1.54) is 22.3 Å². The fourth-order valence-corrected chi connectivity index (χ4v) is 3.18. The fourth-order valence-electron chi connectivity index (χ4n) is 1.88. The van der Waals surface area contributed by atoms with Gasteiger partial charge in [-0.05, 0) is 47.8 Å². The molecule has 0 bridgehead atoms. The molecule has 0 aliphatic carbocycles. The van der Waals surface area contributed by atoms with Gasteiger partial charge in [-0.1, -0.05) is 6.92 Å². The molecule has 0 aromatic carbocycles. The second-order valence-corrected chi connectivity index (χ2v) is 5.93. The molecule has 1 N–H and O–H groups in total. The van der Waals surface area contributed by atoms with E-state index in [-0.39, 0.29) is 0 Å². The zero-order chi connectivity index (χ0) is 12.8. The van der Waals surface area contributed by atoms with E-state index in [2.05, 4.69) is 39.5 Å². The van der Waals surface area contributed by atoms with Crippen molar-refractivity contribution in [3.8, 4) is 0 Å². The minimum absolute atomic E-state index is 0.527. The Balaban J connectivity index is 2.75. The Morgan fingerprint density at radius 3 is 2.71 bits per heavy atom. The summed E-state index contributed by atoms with van der Waals surface area (Å²) in [5.74, 6) is 1.20. The summed E-state index contributed by atoms with van der Waals surface area (Å²) in [5.41, 5.74) is 2.45. The van der Waals surface area contributed by atoms with E-state index in [1.54, 1.807) is 0 Å². The van der Waals surface area contributed by atoms with Crippen LogP contribution in [0.5, 0.6) is 0 Å². The Morgan fingerprint density at radius 2 is 2.24 bits per heavy atom. The molecule has 1 unspecified atom stereocenters. The lowest BCUT2D eigenvalue weighted by Gasteiger charge is -2.15. The summed E-state index contributed by atoms with van der Waals surface area (Å²) in [6, 6.07) is 0.527. The molecular weight excluding hydrogens is 298 g/mol. The molecule has 1 heterocycles. The van der Waals surface area contributed by atoms with Gasteiger partial charge in [-0.3, -0.25) is 4.68 Å². The molecule has 0 aliphatic heterocycles. The van der Waals surface area contributed by atoms with Gasteiger partial charge in [0.25, 0.3) is 0 Å². The average Bonchev–Trinajstić information content (AvgIpc) is 2.60. The van der Waals surface area contributed by atoms with Crippen LogP contribution in [0.2, 0.25) is 0 Å². The summed E-state index contributed by atoms with van der Waals surface area (Å²) in [6.45, 7) is 2.14. The van der Waals surface area contributed by atoms with Gasteiger partial charge in [0.05, 0.1) is 15.9 Å². The smallest absolute Gasteiger partial charge is 0.0766 e. The maximum absolute atomic E-state index is 4.53. The van der Waals surface area contributed by atoms with Crippen molar-refractivity contribution in [2.24, 2.45) is 7.05 Å². The molecule has 5 heteroatoms. The molecular formula is C12H22BrN3S. The summed E-state index contributed by atoms with van der Waals surface area (Å²) in [5, 5.41) is 7.92. The van der Waals surface area contributed by atoms with Crippen molar-refractivity contribution in [2.75, 3.05) is 19.1 Å². The van der Waals surface area contributed by atoms with Crippen molar-refractivity contribution in [3.63, 3.8) is 0 Å². The highest BCUT2D eigenvalue weighted by Gasteiger charge is 2.16. The van der Waals surface area contributed by atoms with Crippen molar-refractivity contribution in [3.05, 3.63) is 15.9 Å². The molecule has 1 aromatic rings. The Bertz CT molecular complexity index is 352. The number of hydrogen-bond donors (Lipinski definition) is 1. The number of aromatic nitrogens is 2. The normalized spacial score (nSPS) is 13.0. The summed E-state index contributed by atoms with van der Waals surface area (Å²) < 4.78 is 3.19. The van der Waals surface area contributed by atoms with Crippen molar-refractivity contribution >= 4 is 27.7 Å². The van der Waals surface area contributed by atoms with Gasteiger partial charge >= 0.3 is 0 Å². The highest BCUT2D eigenvalue weighted by molar-refractivity contribution is 9.10. The molecule has 3 nitrogen and oxygen atoms in total. The summed E-state index contributed by atoms with van der Waals surface area (Å²) >= 11 is 5.57. The quantitative estimate of drug-likeness (QED) is 0.838. The third-order valence-corrected chi connectivity index (χ3v) is 4.58. The first kappa shape index (κ1) is 15.1. The van der Waals surface area contributed by atoms with Gasteiger partial charge in [0.2, 0.25) is 0 Å². The van der Waals surface area contributed by atoms with Crippen LogP contribution in [0.4, 0.5) is 0 Å². The van der Waals surface area contributed by atoms with Gasteiger partial charge in [-0.25, -0.2) is 0 Å². The van der Waals surface area contributed by atoms with E-state index >= 15 is 0 Å². The predicted molar refractivity (Wildman–Crippen MR) is 79.8 cm³/mol. The van der Waals surface area contributed by atoms with Crippen molar-refractivity contribution in [1.82, 2.24) is 15.1 Å². The van der Waals surface area contributed by atoms with Crippen LogP contribution in [0.3, 0.4) is 0 Å². The molecule has 0 radical (unpaired) electrons. The Morgan fingerprint density at radius 1 is 1.53 bits per heavy atom. The van der Waals surface area contributed by atoms with Crippen molar-refractivity contribution in [1.29, 1.82) is 0 Å². The maximum atomic E-state index is 4.53. The lowest BCUT2D eigenvalue weighted by molar-refractivity contribution is 0.525. The minimum Gasteiger partial charge on any atom is -0.317 e. The Hall–Kier alpha value is -0.0000000000000000555. The zero-order valence-electron chi connectivity index (χ0n) is 11.1. The van der Waals surface area contributed by atoms with Crippen LogP contribution in [0.1, 0.15) is 24.7 Å². The molecule has 1 rings (SSSR count). The van der Waals surface area contributed by atoms with Gasteiger partial charge in [-0.2, -0.15) is 16.9 Å². The monoisotopic (exact) mass is 319 g/mol. The molecule has 1 aromatic heterocycles. The van der Waals surface area contributed by atoms with Gasteiger partial charge in [0.15, 0.2) is 0 Å². The largest absolute Gasteiger partial charge is 0.317 e. The molecule has 0 saturated carbocycles. The van der Waals surface area contributed by atoms with Crippen LogP contribution in [-0.2, 0) is 19.9 Å². The summed E-state index contributed by atoms with van der Waals surface area (Å²) in [7, 11) is 4.07. The maximum Gasteiger partial charge on any atom is 0.0766 e. The van der Waals surface area contributed by atoms with E-state index in [0.29, 0.717) is 6.04 Å². The van der Waals surface area contributed by atoms with Gasteiger partial charge < -0.3 is 5.32 Å². The molecule has 98 valence electrons.